The molecule has 4 nitrogen and oxygen atoms in total. The first-order valence-electron chi connectivity index (χ1n) is 5.89. The van der Waals surface area contributed by atoms with Crippen molar-refractivity contribution in [2.75, 3.05) is 5.32 Å². The zero-order valence-corrected chi connectivity index (χ0v) is 11.9. The van der Waals surface area contributed by atoms with Gasteiger partial charge in [-0.2, -0.15) is 0 Å². The van der Waals surface area contributed by atoms with Crippen molar-refractivity contribution in [2.45, 2.75) is 25.7 Å². The molecule has 0 heterocycles. The molecule has 0 unspecified atom stereocenters. The number of aromatic carboxylic acids is 1. The van der Waals surface area contributed by atoms with E-state index in [0.29, 0.717) is 18.0 Å². The molecule has 1 saturated carbocycles. The van der Waals surface area contributed by atoms with E-state index < -0.39 is 5.97 Å². The van der Waals surface area contributed by atoms with Crippen molar-refractivity contribution < 1.29 is 14.7 Å². The molecule has 1 aliphatic carbocycles. The van der Waals surface area contributed by atoms with Crippen LogP contribution in [0, 0.1) is 9.49 Å². The van der Waals surface area contributed by atoms with E-state index in [4.69, 9.17) is 5.11 Å². The van der Waals surface area contributed by atoms with Crippen LogP contribution in [0.4, 0.5) is 5.69 Å². The normalized spacial score (nSPS) is 14.9. The highest BCUT2D eigenvalue weighted by molar-refractivity contribution is 14.1. The van der Waals surface area contributed by atoms with Gasteiger partial charge in [0.05, 0.1) is 11.3 Å². The second-order valence-electron chi connectivity index (χ2n) is 4.54. The fourth-order valence-corrected chi connectivity index (χ4v) is 2.45. The lowest BCUT2D eigenvalue weighted by Gasteiger charge is -2.24. The molecule has 0 radical (unpaired) electrons. The zero-order valence-electron chi connectivity index (χ0n) is 9.78. The van der Waals surface area contributed by atoms with Crippen molar-refractivity contribution in [1.29, 1.82) is 0 Å². The minimum Gasteiger partial charge on any atom is -0.478 e. The number of anilines is 1. The summed E-state index contributed by atoms with van der Waals surface area (Å²) in [6, 6.07) is 4.98. The second-order valence-corrected chi connectivity index (χ2v) is 5.79. The van der Waals surface area contributed by atoms with Crippen molar-refractivity contribution in [3.8, 4) is 0 Å². The molecule has 2 N–H and O–H groups in total. The summed E-state index contributed by atoms with van der Waals surface area (Å²) in [4.78, 5) is 22.9. The molecule has 1 aromatic carbocycles. The number of carboxylic acid groups (broad SMARTS) is 1. The summed E-state index contributed by atoms with van der Waals surface area (Å²) < 4.78 is 0.835. The third-order valence-electron chi connectivity index (χ3n) is 3.18. The van der Waals surface area contributed by atoms with Crippen molar-refractivity contribution >= 4 is 40.2 Å². The summed E-state index contributed by atoms with van der Waals surface area (Å²) in [7, 11) is 0. The monoisotopic (exact) mass is 359 g/mol. The molecule has 0 atom stereocenters. The fourth-order valence-electron chi connectivity index (χ4n) is 1.96. The largest absolute Gasteiger partial charge is 0.478 e. The van der Waals surface area contributed by atoms with E-state index in [1.165, 1.54) is 6.42 Å². The molecule has 1 aliphatic rings. The molecule has 0 aliphatic heterocycles. The first-order chi connectivity index (χ1) is 8.56. The molecular formula is C13H14INO3. The Kier molecular flexibility index (Phi) is 4.21. The average Bonchev–Trinajstić information content (AvgIpc) is 2.26. The van der Waals surface area contributed by atoms with Gasteiger partial charge in [0.25, 0.3) is 0 Å². The van der Waals surface area contributed by atoms with Crippen LogP contribution in [0.3, 0.4) is 0 Å². The van der Waals surface area contributed by atoms with Crippen LogP contribution in [0.5, 0.6) is 0 Å². The van der Waals surface area contributed by atoms with Gasteiger partial charge in [-0.3, -0.25) is 4.79 Å². The Morgan fingerprint density at radius 2 is 2.11 bits per heavy atom. The van der Waals surface area contributed by atoms with Crippen LogP contribution in [0.1, 0.15) is 36.0 Å². The lowest BCUT2D eigenvalue weighted by molar-refractivity contribution is -0.117. The van der Waals surface area contributed by atoms with Gasteiger partial charge in [0.2, 0.25) is 5.91 Å². The van der Waals surface area contributed by atoms with Crippen LogP contribution in [-0.4, -0.2) is 17.0 Å². The van der Waals surface area contributed by atoms with Gasteiger partial charge in [0, 0.05) is 9.99 Å². The van der Waals surface area contributed by atoms with Crippen LogP contribution < -0.4 is 5.32 Å². The van der Waals surface area contributed by atoms with E-state index in [-0.39, 0.29) is 11.5 Å². The Morgan fingerprint density at radius 1 is 1.39 bits per heavy atom. The number of carbonyl (C=O) groups is 2. The van der Waals surface area contributed by atoms with Gasteiger partial charge in [-0.25, -0.2) is 4.79 Å². The Morgan fingerprint density at radius 3 is 2.67 bits per heavy atom. The van der Waals surface area contributed by atoms with E-state index in [2.05, 4.69) is 5.32 Å². The highest BCUT2D eigenvalue weighted by Gasteiger charge is 2.21. The van der Waals surface area contributed by atoms with Gasteiger partial charge < -0.3 is 10.4 Å². The lowest BCUT2D eigenvalue weighted by atomic mass is 9.83. The van der Waals surface area contributed by atoms with Crippen LogP contribution in [0.2, 0.25) is 0 Å². The molecule has 1 aromatic rings. The number of carbonyl (C=O) groups excluding carboxylic acids is 1. The van der Waals surface area contributed by atoms with Gasteiger partial charge in [0.15, 0.2) is 0 Å². The Labute approximate surface area is 119 Å². The van der Waals surface area contributed by atoms with Gasteiger partial charge >= 0.3 is 5.97 Å². The minimum atomic E-state index is -1.02. The van der Waals surface area contributed by atoms with Crippen molar-refractivity contribution in [3.05, 3.63) is 27.3 Å². The summed E-state index contributed by atoms with van der Waals surface area (Å²) in [5.74, 6) is -0.641. The standard InChI is InChI=1S/C13H14INO3/c14-9-4-5-11(10(7-9)13(17)18)15-12(16)6-8-2-1-3-8/h4-5,7-8H,1-3,6H2,(H,15,16)(H,17,18). The van der Waals surface area contributed by atoms with E-state index in [0.717, 1.165) is 16.4 Å². The van der Waals surface area contributed by atoms with Gasteiger partial charge in [-0.1, -0.05) is 6.42 Å². The van der Waals surface area contributed by atoms with Crippen molar-refractivity contribution in [2.24, 2.45) is 5.92 Å². The lowest BCUT2D eigenvalue weighted by Crippen LogP contribution is -2.21. The van der Waals surface area contributed by atoms with Crippen LogP contribution >= 0.6 is 22.6 Å². The summed E-state index contributed by atoms with van der Waals surface area (Å²) in [5.41, 5.74) is 0.524. The fraction of sp³-hybridized carbons (Fsp3) is 0.385. The number of benzene rings is 1. The SMILES string of the molecule is O=C(CC1CCC1)Nc1ccc(I)cc1C(=O)O. The summed E-state index contributed by atoms with van der Waals surface area (Å²) in [6.07, 6.45) is 3.89. The number of hydrogen-bond acceptors (Lipinski definition) is 2. The molecule has 5 heteroatoms. The predicted octanol–water partition coefficient (Wildman–Crippen LogP) is 3.12. The molecule has 0 saturated heterocycles. The van der Waals surface area contributed by atoms with E-state index in [1.807, 2.05) is 22.6 Å². The minimum absolute atomic E-state index is 0.0941. The Balaban J connectivity index is 2.07. The Bertz CT molecular complexity index is 483. The van der Waals surface area contributed by atoms with Crippen LogP contribution in [-0.2, 0) is 4.79 Å². The molecule has 0 bridgehead atoms. The smallest absolute Gasteiger partial charge is 0.337 e. The summed E-state index contributed by atoms with van der Waals surface area (Å²) >= 11 is 2.05. The van der Waals surface area contributed by atoms with Gasteiger partial charge in [-0.15, -0.1) is 0 Å². The quantitative estimate of drug-likeness (QED) is 0.812. The highest BCUT2D eigenvalue weighted by Crippen LogP contribution is 2.30. The summed E-state index contributed by atoms with van der Waals surface area (Å²) in [6.45, 7) is 0. The maximum atomic E-state index is 11.8. The summed E-state index contributed by atoms with van der Waals surface area (Å²) in [5, 5.41) is 11.8. The molecular weight excluding hydrogens is 345 g/mol. The number of rotatable bonds is 4. The predicted molar refractivity (Wildman–Crippen MR) is 76.7 cm³/mol. The number of amides is 1. The molecule has 18 heavy (non-hydrogen) atoms. The maximum Gasteiger partial charge on any atom is 0.337 e. The zero-order chi connectivity index (χ0) is 13.1. The van der Waals surface area contributed by atoms with E-state index in [9.17, 15) is 9.59 Å². The third kappa shape index (κ3) is 3.22. The first kappa shape index (κ1) is 13.3. The van der Waals surface area contributed by atoms with Crippen LogP contribution in [0.15, 0.2) is 18.2 Å². The number of hydrogen-bond donors (Lipinski definition) is 2. The van der Waals surface area contributed by atoms with Crippen molar-refractivity contribution in [3.63, 3.8) is 0 Å². The van der Waals surface area contributed by atoms with E-state index in [1.54, 1.807) is 18.2 Å². The molecule has 0 aromatic heterocycles. The third-order valence-corrected chi connectivity index (χ3v) is 3.86. The second kappa shape index (κ2) is 5.69. The van der Waals surface area contributed by atoms with Crippen LogP contribution in [0.25, 0.3) is 0 Å². The molecule has 1 amide bonds. The maximum absolute atomic E-state index is 11.8. The van der Waals surface area contributed by atoms with Gasteiger partial charge in [-0.05, 0) is 59.5 Å². The van der Waals surface area contributed by atoms with Crippen molar-refractivity contribution in [1.82, 2.24) is 0 Å². The molecule has 0 spiro atoms. The topological polar surface area (TPSA) is 66.4 Å². The molecule has 2 rings (SSSR count). The number of nitrogens with one attached hydrogen (secondary N) is 1. The average molecular weight is 359 g/mol. The number of halogens is 1. The number of carboxylic acids is 1. The van der Waals surface area contributed by atoms with Gasteiger partial charge in [0.1, 0.15) is 0 Å². The highest BCUT2D eigenvalue weighted by atomic mass is 127. The first-order valence-corrected chi connectivity index (χ1v) is 6.97. The Hall–Kier alpha value is -1.11. The van der Waals surface area contributed by atoms with E-state index >= 15 is 0 Å². The molecule has 1 fully saturated rings. The molecule has 96 valence electrons.